The molecule has 3 heteroatoms. The lowest BCUT2D eigenvalue weighted by Gasteiger charge is -2.40. The Labute approximate surface area is 77.4 Å². The van der Waals surface area contributed by atoms with Crippen LogP contribution >= 0.6 is 0 Å². The minimum Gasteiger partial charge on any atom is -0.395 e. The van der Waals surface area contributed by atoms with Gasteiger partial charge in [-0.1, -0.05) is 6.07 Å². The van der Waals surface area contributed by atoms with Gasteiger partial charge in [-0.3, -0.25) is 4.98 Å². The monoisotopic (exact) mass is 179 g/mol. The molecule has 2 heterocycles. The second kappa shape index (κ2) is 3.09. The lowest BCUT2D eigenvalue weighted by Crippen LogP contribution is -2.49. The minimum atomic E-state index is -0.180. The predicted molar refractivity (Wildman–Crippen MR) is 48.6 cm³/mol. The number of rotatable bonds is 2. The lowest BCUT2D eigenvalue weighted by atomic mass is 9.80. The van der Waals surface area contributed by atoms with E-state index in [1.807, 2.05) is 25.3 Å². The van der Waals surface area contributed by atoms with Crippen LogP contribution in [0.4, 0.5) is 0 Å². The molecule has 1 aromatic rings. The fraction of sp³-hybridized carbons (Fsp3) is 0.500. The summed E-state index contributed by atoms with van der Waals surface area (Å²) in [7, 11) is 0. The van der Waals surface area contributed by atoms with Crippen LogP contribution in [0.3, 0.4) is 0 Å². The van der Waals surface area contributed by atoms with E-state index < -0.39 is 0 Å². The van der Waals surface area contributed by atoms with E-state index >= 15 is 0 Å². The third-order valence-electron chi connectivity index (χ3n) is 2.58. The van der Waals surface area contributed by atoms with Gasteiger partial charge in [-0.25, -0.2) is 0 Å². The molecular formula is C10H13NO2. The van der Waals surface area contributed by atoms with E-state index in [4.69, 9.17) is 4.74 Å². The lowest BCUT2D eigenvalue weighted by molar-refractivity contribution is -0.0843. The summed E-state index contributed by atoms with van der Waals surface area (Å²) >= 11 is 0. The molecule has 2 rings (SSSR count). The molecule has 1 aliphatic rings. The zero-order valence-corrected chi connectivity index (χ0v) is 7.66. The molecule has 1 aromatic heterocycles. The van der Waals surface area contributed by atoms with Gasteiger partial charge in [0.05, 0.1) is 25.2 Å². The van der Waals surface area contributed by atoms with Crippen molar-refractivity contribution in [3.8, 4) is 0 Å². The molecule has 0 radical (unpaired) electrons. The van der Waals surface area contributed by atoms with Crippen molar-refractivity contribution < 1.29 is 9.84 Å². The van der Waals surface area contributed by atoms with E-state index in [0.717, 1.165) is 11.3 Å². The van der Waals surface area contributed by atoms with E-state index in [1.165, 1.54) is 0 Å². The third kappa shape index (κ3) is 1.34. The molecule has 0 aliphatic carbocycles. The standard InChI is InChI=1S/C10H13NO2/c1-8-2-3-9(4-11-8)10(5-12)6-13-7-10/h2-4,12H,5-7H2,1H3. The third-order valence-corrected chi connectivity index (χ3v) is 2.58. The predicted octanol–water partition coefficient (Wildman–Crippen LogP) is 0.650. The Kier molecular flexibility index (Phi) is 2.06. The molecule has 0 amide bonds. The summed E-state index contributed by atoms with van der Waals surface area (Å²) in [6.07, 6.45) is 1.83. The van der Waals surface area contributed by atoms with Crippen molar-refractivity contribution in [2.45, 2.75) is 12.3 Å². The van der Waals surface area contributed by atoms with Crippen molar-refractivity contribution in [2.24, 2.45) is 0 Å². The average Bonchev–Trinajstić information content (AvgIpc) is 2.07. The highest BCUT2D eigenvalue weighted by Gasteiger charge is 2.39. The Hall–Kier alpha value is -0.930. The summed E-state index contributed by atoms with van der Waals surface area (Å²) < 4.78 is 5.13. The zero-order chi connectivity index (χ0) is 9.31. The smallest absolute Gasteiger partial charge is 0.0666 e. The molecular weight excluding hydrogens is 166 g/mol. The van der Waals surface area contributed by atoms with Crippen LogP contribution in [0.5, 0.6) is 0 Å². The molecule has 1 saturated heterocycles. The molecule has 0 saturated carbocycles. The fourth-order valence-electron chi connectivity index (χ4n) is 1.48. The second-order valence-electron chi connectivity index (χ2n) is 3.62. The minimum absolute atomic E-state index is 0.137. The summed E-state index contributed by atoms with van der Waals surface area (Å²) in [5, 5.41) is 9.25. The van der Waals surface area contributed by atoms with Crippen LogP contribution in [0, 0.1) is 6.92 Å². The van der Waals surface area contributed by atoms with Crippen molar-refractivity contribution in [1.29, 1.82) is 0 Å². The Morgan fingerprint density at radius 1 is 1.54 bits per heavy atom. The largest absolute Gasteiger partial charge is 0.395 e. The van der Waals surface area contributed by atoms with Crippen LogP contribution in [0.2, 0.25) is 0 Å². The number of hydrogen-bond donors (Lipinski definition) is 1. The maximum Gasteiger partial charge on any atom is 0.0666 e. The van der Waals surface area contributed by atoms with Crippen LogP contribution in [0.25, 0.3) is 0 Å². The first-order chi connectivity index (χ1) is 6.27. The first-order valence-electron chi connectivity index (χ1n) is 4.39. The SMILES string of the molecule is Cc1ccc(C2(CO)COC2)cn1. The van der Waals surface area contributed by atoms with Crippen molar-refractivity contribution in [1.82, 2.24) is 4.98 Å². The van der Waals surface area contributed by atoms with Crippen LogP contribution < -0.4 is 0 Å². The number of hydrogen-bond acceptors (Lipinski definition) is 3. The number of nitrogens with zero attached hydrogens (tertiary/aromatic N) is 1. The molecule has 0 atom stereocenters. The second-order valence-corrected chi connectivity index (χ2v) is 3.62. The molecule has 0 bridgehead atoms. The first kappa shape index (κ1) is 8.66. The van der Waals surface area contributed by atoms with Gasteiger partial charge in [0.25, 0.3) is 0 Å². The van der Waals surface area contributed by atoms with Gasteiger partial charge in [0.15, 0.2) is 0 Å². The summed E-state index contributed by atoms with van der Waals surface area (Å²) in [6.45, 7) is 3.30. The molecule has 13 heavy (non-hydrogen) atoms. The molecule has 3 nitrogen and oxygen atoms in total. The van der Waals surface area contributed by atoms with E-state index in [2.05, 4.69) is 4.98 Å². The summed E-state index contributed by atoms with van der Waals surface area (Å²) in [5.74, 6) is 0. The van der Waals surface area contributed by atoms with E-state index in [9.17, 15) is 5.11 Å². The molecule has 0 spiro atoms. The highest BCUT2D eigenvalue weighted by Crippen LogP contribution is 2.31. The number of aliphatic hydroxyl groups excluding tert-OH is 1. The van der Waals surface area contributed by atoms with Crippen molar-refractivity contribution in [2.75, 3.05) is 19.8 Å². The van der Waals surface area contributed by atoms with E-state index in [1.54, 1.807) is 0 Å². The first-order valence-corrected chi connectivity index (χ1v) is 4.39. The highest BCUT2D eigenvalue weighted by atomic mass is 16.5. The van der Waals surface area contributed by atoms with Gasteiger partial charge >= 0.3 is 0 Å². The topological polar surface area (TPSA) is 42.4 Å². The number of aryl methyl sites for hydroxylation is 1. The number of aliphatic hydroxyl groups is 1. The van der Waals surface area contributed by atoms with Crippen LogP contribution in [-0.2, 0) is 10.2 Å². The van der Waals surface area contributed by atoms with Gasteiger partial charge in [0.1, 0.15) is 0 Å². The van der Waals surface area contributed by atoms with Crippen LogP contribution in [-0.4, -0.2) is 29.9 Å². The van der Waals surface area contributed by atoms with Crippen LogP contribution in [0.15, 0.2) is 18.3 Å². The van der Waals surface area contributed by atoms with Gasteiger partial charge in [-0.15, -0.1) is 0 Å². The Morgan fingerprint density at radius 3 is 2.69 bits per heavy atom. The quantitative estimate of drug-likeness (QED) is 0.724. The van der Waals surface area contributed by atoms with Crippen molar-refractivity contribution in [3.63, 3.8) is 0 Å². The normalized spacial score (nSPS) is 19.5. The fourth-order valence-corrected chi connectivity index (χ4v) is 1.48. The molecule has 1 aliphatic heterocycles. The number of aromatic nitrogens is 1. The van der Waals surface area contributed by atoms with Crippen molar-refractivity contribution >= 4 is 0 Å². The van der Waals surface area contributed by atoms with Gasteiger partial charge in [0.2, 0.25) is 0 Å². The maximum atomic E-state index is 9.25. The molecule has 0 aromatic carbocycles. The molecule has 70 valence electrons. The molecule has 1 N–H and O–H groups in total. The van der Waals surface area contributed by atoms with Gasteiger partial charge < -0.3 is 9.84 Å². The summed E-state index contributed by atoms with van der Waals surface area (Å²) in [5.41, 5.74) is 1.89. The Bertz CT molecular complexity index is 285. The Morgan fingerprint density at radius 2 is 2.31 bits per heavy atom. The highest BCUT2D eigenvalue weighted by molar-refractivity contribution is 5.26. The zero-order valence-electron chi connectivity index (χ0n) is 7.66. The molecule has 0 unspecified atom stereocenters. The van der Waals surface area contributed by atoms with E-state index in [0.29, 0.717) is 13.2 Å². The van der Waals surface area contributed by atoms with E-state index in [-0.39, 0.29) is 12.0 Å². The average molecular weight is 179 g/mol. The Balaban J connectivity index is 2.28. The summed E-state index contributed by atoms with van der Waals surface area (Å²) in [4.78, 5) is 4.21. The van der Waals surface area contributed by atoms with Crippen LogP contribution in [0.1, 0.15) is 11.3 Å². The molecule has 1 fully saturated rings. The van der Waals surface area contributed by atoms with Gasteiger partial charge in [0, 0.05) is 11.9 Å². The summed E-state index contributed by atoms with van der Waals surface area (Å²) in [6, 6.07) is 3.98. The van der Waals surface area contributed by atoms with Gasteiger partial charge in [-0.05, 0) is 18.6 Å². The number of ether oxygens (including phenoxy) is 1. The van der Waals surface area contributed by atoms with Crippen molar-refractivity contribution in [3.05, 3.63) is 29.6 Å². The maximum absolute atomic E-state index is 9.25. The number of pyridine rings is 1. The van der Waals surface area contributed by atoms with Gasteiger partial charge in [-0.2, -0.15) is 0 Å².